The fourth-order valence-electron chi connectivity index (χ4n) is 1.71. The Balaban J connectivity index is 2.03. The fraction of sp³-hybridized carbons (Fsp3) is 0.188. The van der Waals surface area contributed by atoms with Crippen LogP contribution in [0.4, 0.5) is 0 Å². The normalized spacial score (nSPS) is 9.95. The van der Waals surface area contributed by atoms with Gasteiger partial charge in [0, 0.05) is 24.9 Å². The Morgan fingerprint density at radius 2 is 1.81 bits per heavy atom. The summed E-state index contributed by atoms with van der Waals surface area (Å²) in [5.74, 6) is -0.899. The molecule has 0 unspecified atom stereocenters. The van der Waals surface area contributed by atoms with E-state index in [-0.39, 0.29) is 13.2 Å². The number of hydrogen-bond acceptors (Lipinski definition) is 5. The standard InChI is InChI=1S/C16H15NO4/c1-12(18)20-11-14-7-8-17-9-15(14)16(19)21-10-13-5-3-2-4-6-13/h2-9H,10-11H2,1H3. The molecule has 0 N–H and O–H groups in total. The molecule has 0 radical (unpaired) electrons. The Labute approximate surface area is 122 Å². The number of esters is 2. The van der Waals surface area contributed by atoms with Crippen LogP contribution in [0, 0.1) is 0 Å². The zero-order valence-electron chi connectivity index (χ0n) is 11.6. The number of nitrogens with zero attached hydrogens (tertiary/aromatic N) is 1. The van der Waals surface area contributed by atoms with Gasteiger partial charge in [0.1, 0.15) is 13.2 Å². The molecule has 5 nitrogen and oxygen atoms in total. The van der Waals surface area contributed by atoms with E-state index in [0.717, 1.165) is 5.56 Å². The third kappa shape index (κ3) is 4.42. The molecule has 0 aliphatic rings. The molecule has 0 spiro atoms. The molecular formula is C16H15NO4. The lowest BCUT2D eigenvalue weighted by atomic mass is 10.1. The van der Waals surface area contributed by atoms with E-state index in [9.17, 15) is 9.59 Å². The van der Waals surface area contributed by atoms with Gasteiger partial charge in [-0.15, -0.1) is 0 Å². The molecule has 0 aliphatic carbocycles. The van der Waals surface area contributed by atoms with Crippen molar-refractivity contribution in [3.8, 4) is 0 Å². The maximum atomic E-state index is 12.1. The zero-order chi connectivity index (χ0) is 15.1. The second-order valence-electron chi connectivity index (χ2n) is 4.37. The summed E-state index contributed by atoms with van der Waals surface area (Å²) in [5.41, 5.74) is 1.77. The summed E-state index contributed by atoms with van der Waals surface area (Å²) >= 11 is 0. The third-order valence-corrected chi connectivity index (χ3v) is 2.77. The summed E-state index contributed by atoms with van der Waals surface area (Å²) < 4.78 is 10.1. The number of aromatic nitrogens is 1. The highest BCUT2D eigenvalue weighted by Gasteiger charge is 2.14. The molecule has 0 saturated carbocycles. The summed E-state index contributed by atoms with van der Waals surface area (Å²) in [4.78, 5) is 26.8. The lowest BCUT2D eigenvalue weighted by molar-refractivity contribution is -0.142. The van der Waals surface area contributed by atoms with E-state index < -0.39 is 11.9 Å². The fourth-order valence-corrected chi connectivity index (χ4v) is 1.71. The number of rotatable bonds is 5. The number of carbonyl (C=O) groups is 2. The largest absolute Gasteiger partial charge is 0.461 e. The maximum Gasteiger partial charge on any atom is 0.340 e. The van der Waals surface area contributed by atoms with Crippen molar-refractivity contribution < 1.29 is 19.1 Å². The number of hydrogen-bond donors (Lipinski definition) is 0. The van der Waals surface area contributed by atoms with Crippen LogP contribution in [0.15, 0.2) is 48.8 Å². The van der Waals surface area contributed by atoms with E-state index in [4.69, 9.17) is 9.47 Å². The smallest absolute Gasteiger partial charge is 0.340 e. The Kier molecular flexibility index (Phi) is 5.04. The van der Waals surface area contributed by atoms with Gasteiger partial charge in [-0.3, -0.25) is 9.78 Å². The van der Waals surface area contributed by atoms with E-state index in [1.165, 1.54) is 19.3 Å². The quantitative estimate of drug-likeness (QED) is 0.790. The molecule has 5 heteroatoms. The first-order valence-corrected chi connectivity index (χ1v) is 6.44. The summed E-state index contributed by atoms with van der Waals surface area (Å²) in [7, 11) is 0. The van der Waals surface area contributed by atoms with E-state index in [0.29, 0.717) is 11.1 Å². The van der Waals surface area contributed by atoms with Gasteiger partial charge >= 0.3 is 11.9 Å². The van der Waals surface area contributed by atoms with Gasteiger partial charge in [0.05, 0.1) is 5.56 Å². The highest BCUT2D eigenvalue weighted by molar-refractivity contribution is 5.90. The van der Waals surface area contributed by atoms with Crippen LogP contribution in [0.25, 0.3) is 0 Å². The monoisotopic (exact) mass is 285 g/mol. The first-order valence-electron chi connectivity index (χ1n) is 6.44. The molecular weight excluding hydrogens is 270 g/mol. The first kappa shape index (κ1) is 14.7. The summed E-state index contributed by atoms with van der Waals surface area (Å²) in [5, 5.41) is 0. The highest BCUT2D eigenvalue weighted by atomic mass is 16.5. The van der Waals surface area contributed by atoms with Gasteiger partial charge in [-0.05, 0) is 11.6 Å². The average Bonchev–Trinajstić information content (AvgIpc) is 2.52. The van der Waals surface area contributed by atoms with Crippen LogP contribution in [-0.4, -0.2) is 16.9 Å². The number of pyridine rings is 1. The molecule has 2 aromatic rings. The second kappa shape index (κ2) is 7.19. The molecule has 1 heterocycles. The summed E-state index contributed by atoms with van der Waals surface area (Å²) in [6.45, 7) is 1.52. The van der Waals surface area contributed by atoms with Crippen molar-refractivity contribution in [2.24, 2.45) is 0 Å². The molecule has 0 aliphatic heterocycles. The Bertz CT molecular complexity index is 625. The molecule has 2 rings (SSSR count). The SMILES string of the molecule is CC(=O)OCc1ccncc1C(=O)OCc1ccccc1. The van der Waals surface area contributed by atoms with Crippen LogP contribution in [0.1, 0.15) is 28.4 Å². The average molecular weight is 285 g/mol. The molecule has 108 valence electrons. The third-order valence-electron chi connectivity index (χ3n) is 2.77. The van der Waals surface area contributed by atoms with Gasteiger partial charge in [-0.1, -0.05) is 30.3 Å². The van der Waals surface area contributed by atoms with Gasteiger partial charge in [0.2, 0.25) is 0 Å². The molecule has 1 aromatic carbocycles. The van der Waals surface area contributed by atoms with Crippen molar-refractivity contribution >= 4 is 11.9 Å². The van der Waals surface area contributed by atoms with E-state index in [1.54, 1.807) is 6.07 Å². The van der Waals surface area contributed by atoms with Gasteiger partial charge in [-0.25, -0.2) is 4.79 Å². The van der Waals surface area contributed by atoms with E-state index in [1.807, 2.05) is 30.3 Å². The predicted octanol–water partition coefficient (Wildman–Crippen LogP) is 2.50. The second-order valence-corrected chi connectivity index (χ2v) is 4.37. The lowest BCUT2D eigenvalue weighted by Gasteiger charge is -2.09. The minimum Gasteiger partial charge on any atom is -0.461 e. The van der Waals surface area contributed by atoms with Crippen molar-refractivity contribution in [3.63, 3.8) is 0 Å². The van der Waals surface area contributed by atoms with Crippen molar-refractivity contribution in [2.75, 3.05) is 0 Å². The Morgan fingerprint density at radius 3 is 2.52 bits per heavy atom. The number of benzene rings is 1. The molecule has 0 saturated heterocycles. The van der Waals surface area contributed by atoms with Gasteiger partial charge in [0.15, 0.2) is 0 Å². The number of carbonyl (C=O) groups excluding carboxylic acids is 2. The van der Waals surface area contributed by atoms with Crippen LogP contribution in [-0.2, 0) is 27.5 Å². The van der Waals surface area contributed by atoms with Gasteiger partial charge in [-0.2, -0.15) is 0 Å². The maximum absolute atomic E-state index is 12.1. The van der Waals surface area contributed by atoms with Crippen molar-refractivity contribution in [3.05, 3.63) is 65.5 Å². The van der Waals surface area contributed by atoms with Crippen molar-refractivity contribution in [1.29, 1.82) is 0 Å². The Hall–Kier alpha value is -2.69. The first-order chi connectivity index (χ1) is 10.2. The molecule has 0 amide bonds. The predicted molar refractivity (Wildman–Crippen MR) is 75.3 cm³/mol. The molecule has 0 atom stereocenters. The lowest BCUT2D eigenvalue weighted by Crippen LogP contribution is -2.10. The molecule has 1 aromatic heterocycles. The van der Waals surface area contributed by atoms with Crippen LogP contribution >= 0.6 is 0 Å². The van der Waals surface area contributed by atoms with E-state index in [2.05, 4.69) is 4.98 Å². The summed E-state index contributed by atoms with van der Waals surface area (Å²) in [6, 6.07) is 11.0. The highest BCUT2D eigenvalue weighted by Crippen LogP contribution is 2.12. The topological polar surface area (TPSA) is 65.5 Å². The van der Waals surface area contributed by atoms with Crippen LogP contribution in [0.5, 0.6) is 0 Å². The minimum absolute atomic E-state index is 0.0215. The van der Waals surface area contributed by atoms with Crippen LogP contribution in [0.2, 0.25) is 0 Å². The van der Waals surface area contributed by atoms with Crippen molar-refractivity contribution in [2.45, 2.75) is 20.1 Å². The number of ether oxygens (including phenoxy) is 2. The molecule has 21 heavy (non-hydrogen) atoms. The van der Waals surface area contributed by atoms with Crippen LogP contribution < -0.4 is 0 Å². The molecule has 0 bridgehead atoms. The van der Waals surface area contributed by atoms with E-state index >= 15 is 0 Å². The van der Waals surface area contributed by atoms with Gasteiger partial charge in [0.25, 0.3) is 0 Å². The van der Waals surface area contributed by atoms with Crippen LogP contribution in [0.3, 0.4) is 0 Å². The van der Waals surface area contributed by atoms with Gasteiger partial charge < -0.3 is 9.47 Å². The zero-order valence-corrected chi connectivity index (χ0v) is 11.6. The molecule has 0 fully saturated rings. The Morgan fingerprint density at radius 1 is 1.05 bits per heavy atom. The minimum atomic E-state index is -0.492. The van der Waals surface area contributed by atoms with Crippen molar-refractivity contribution in [1.82, 2.24) is 4.98 Å². The summed E-state index contributed by atoms with van der Waals surface area (Å²) in [6.07, 6.45) is 2.94.